The van der Waals surface area contributed by atoms with Gasteiger partial charge in [-0.2, -0.15) is 13.2 Å². The van der Waals surface area contributed by atoms with E-state index in [4.69, 9.17) is 0 Å². The van der Waals surface area contributed by atoms with E-state index in [-0.39, 0.29) is 55.2 Å². The molecule has 5 rings (SSSR count). The first-order valence-electron chi connectivity index (χ1n) is 11.7. The summed E-state index contributed by atoms with van der Waals surface area (Å²) in [5, 5.41) is 6.96. The van der Waals surface area contributed by atoms with Gasteiger partial charge in [0.25, 0.3) is 5.91 Å². The van der Waals surface area contributed by atoms with Gasteiger partial charge in [0.1, 0.15) is 0 Å². The highest BCUT2D eigenvalue weighted by molar-refractivity contribution is 6.19. The highest BCUT2D eigenvalue weighted by Gasteiger charge is 2.33. The molecule has 2 fully saturated rings. The van der Waals surface area contributed by atoms with Crippen molar-refractivity contribution in [2.24, 2.45) is 0 Å². The number of alkyl halides is 3. The van der Waals surface area contributed by atoms with Crippen LogP contribution in [0.1, 0.15) is 47.6 Å². The quantitative estimate of drug-likeness (QED) is 0.489. The molecule has 1 aliphatic heterocycles. The Labute approximate surface area is 208 Å². The Morgan fingerprint density at radius 1 is 1.00 bits per heavy atom. The second-order valence-corrected chi connectivity index (χ2v) is 8.93. The predicted molar refractivity (Wildman–Crippen MR) is 126 cm³/mol. The zero-order chi connectivity index (χ0) is 26.3. The van der Waals surface area contributed by atoms with E-state index in [9.17, 15) is 32.3 Å². The topological polar surface area (TPSA) is 106 Å². The highest BCUT2D eigenvalue weighted by Crippen LogP contribution is 2.37. The summed E-state index contributed by atoms with van der Waals surface area (Å²) in [7, 11) is 0. The molecule has 1 N–H and O–H groups in total. The van der Waals surface area contributed by atoms with Gasteiger partial charge in [0.2, 0.25) is 11.8 Å². The first-order chi connectivity index (χ1) is 17.6. The van der Waals surface area contributed by atoms with Crippen molar-refractivity contribution in [3.63, 3.8) is 0 Å². The predicted octanol–water partition coefficient (Wildman–Crippen LogP) is 3.15. The van der Waals surface area contributed by atoms with Crippen LogP contribution in [0.3, 0.4) is 0 Å². The maximum Gasteiger partial charge on any atom is 0.416 e. The number of amides is 3. The van der Waals surface area contributed by atoms with E-state index >= 15 is 0 Å². The molecule has 2 aliphatic rings. The third kappa shape index (κ3) is 4.91. The van der Waals surface area contributed by atoms with Gasteiger partial charge in [0, 0.05) is 36.6 Å². The van der Waals surface area contributed by atoms with E-state index < -0.39 is 23.3 Å². The highest BCUT2D eigenvalue weighted by atomic mass is 19.4. The Morgan fingerprint density at radius 2 is 1.68 bits per heavy atom. The summed E-state index contributed by atoms with van der Waals surface area (Å²) in [5.41, 5.74) is -0.400. The van der Waals surface area contributed by atoms with Crippen molar-refractivity contribution in [2.75, 3.05) is 11.4 Å². The lowest BCUT2D eigenvalue weighted by molar-refractivity contribution is -0.137. The fourth-order valence-corrected chi connectivity index (χ4v) is 4.26. The van der Waals surface area contributed by atoms with Gasteiger partial charge in [-0.1, -0.05) is 12.1 Å². The first kappa shape index (κ1) is 24.5. The first-order valence-corrected chi connectivity index (χ1v) is 11.7. The van der Waals surface area contributed by atoms with E-state index in [1.807, 2.05) is 0 Å². The number of hydrogen-bond acceptors (Lipinski definition) is 5. The summed E-state index contributed by atoms with van der Waals surface area (Å²) < 4.78 is 42.1. The number of aromatic nitrogens is 3. The normalized spacial score (nSPS) is 15.9. The van der Waals surface area contributed by atoms with E-state index in [1.165, 1.54) is 41.0 Å². The van der Waals surface area contributed by atoms with Crippen molar-refractivity contribution in [2.45, 2.75) is 44.4 Å². The van der Waals surface area contributed by atoms with Gasteiger partial charge in [0.05, 0.1) is 17.8 Å². The van der Waals surface area contributed by atoms with Crippen LogP contribution < -0.4 is 15.9 Å². The van der Waals surface area contributed by atoms with Crippen LogP contribution in [0.25, 0.3) is 11.4 Å². The fourth-order valence-electron chi connectivity index (χ4n) is 4.26. The molecular weight excluding hydrogens is 491 g/mol. The van der Waals surface area contributed by atoms with E-state index in [1.54, 1.807) is 0 Å². The van der Waals surface area contributed by atoms with Crippen LogP contribution in [0.15, 0.2) is 53.3 Å². The van der Waals surface area contributed by atoms with Crippen molar-refractivity contribution < 1.29 is 27.6 Å². The molecular formula is C25H22F3N5O4. The van der Waals surface area contributed by atoms with Crippen molar-refractivity contribution in [3.05, 3.63) is 70.1 Å². The second-order valence-electron chi connectivity index (χ2n) is 8.93. The molecule has 0 radical (unpaired) electrons. The number of halogens is 3. The van der Waals surface area contributed by atoms with Crippen LogP contribution in [0.4, 0.5) is 18.9 Å². The number of anilines is 1. The lowest BCUT2D eigenvalue weighted by atomic mass is 10.1. The maximum absolute atomic E-state index is 13.2. The maximum atomic E-state index is 13.2. The zero-order valence-electron chi connectivity index (χ0n) is 19.5. The molecule has 1 saturated carbocycles. The minimum atomic E-state index is -4.52. The molecule has 2 aromatic carbocycles. The lowest BCUT2D eigenvalue weighted by Gasteiger charge is -2.14. The summed E-state index contributed by atoms with van der Waals surface area (Å²) in [6, 6.07) is 10.6. The molecule has 1 saturated heterocycles. The van der Waals surface area contributed by atoms with Crippen LogP contribution in [-0.4, -0.2) is 38.6 Å². The van der Waals surface area contributed by atoms with Gasteiger partial charge in [-0.3, -0.25) is 23.9 Å². The molecule has 0 unspecified atom stereocenters. The summed E-state index contributed by atoms with van der Waals surface area (Å²) in [5.74, 6) is -0.851. The Hall–Kier alpha value is -4.22. The fraction of sp³-hybridized carbons (Fsp3) is 0.320. The van der Waals surface area contributed by atoms with Crippen molar-refractivity contribution in [3.8, 4) is 11.4 Å². The van der Waals surface area contributed by atoms with Crippen LogP contribution in [0.5, 0.6) is 0 Å². The van der Waals surface area contributed by atoms with Crippen LogP contribution in [0, 0.1) is 0 Å². The minimum Gasteiger partial charge on any atom is -0.350 e. The number of nitrogens with zero attached hydrogens (tertiary/aromatic N) is 4. The number of carbonyl (C=O) groups excluding carboxylic acids is 3. The lowest BCUT2D eigenvalue weighted by Crippen LogP contribution is -2.32. The number of hydrogen-bond donors (Lipinski definition) is 1. The van der Waals surface area contributed by atoms with E-state index in [2.05, 4.69) is 10.4 Å². The van der Waals surface area contributed by atoms with Crippen LogP contribution in [-0.2, 0) is 22.3 Å². The monoisotopic (exact) mass is 513 g/mol. The van der Waals surface area contributed by atoms with Crippen LogP contribution >= 0.6 is 0 Å². The van der Waals surface area contributed by atoms with Crippen molar-refractivity contribution in [1.82, 2.24) is 19.7 Å². The second kappa shape index (κ2) is 9.34. The summed E-state index contributed by atoms with van der Waals surface area (Å²) in [6.45, 7) is 0.0679. The molecule has 3 amide bonds. The van der Waals surface area contributed by atoms with Crippen molar-refractivity contribution >= 4 is 23.4 Å². The molecule has 192 valence electrons. The van der Waals surface area contributed by atoms with Gasteiger partial charge in [-0.05, 0) is 49.2 Å². The Bertz CT molecular complexity index is 1420. The Morgan fingerprint density at radius 3 is 2.30 bits per heavy atom. The number of imide groups is 1. The molecule has 2 heterocycles. The van der Waals surface area contributed by atoms with E-state index in [0.717, 1.165) is 34.6 Å². The molecule has 0 bridgehead atoms. The molecule has 1 aliphatic carbocycles. The van der Waals surface area contributed by atoms with Crippen LogP contribution in [0.2, 0.25) is 0 Å². The molecule has 37 heavy (non-hydrogen) atoms. The van der Waals surface area contributed by atoms with Gasteiger partial charge in [-0.25, -0.2) is 9.48 Å². The molecule has 0 spiro atoms. The molecule has 12 heteroatoms. The number of benzene rings is 2. The molecule has 3 aromatic rings. The average molecular weight is 513 g/mol. The Balaban J connectivity index is 1.28. The average Bonchev–Trinajstić information content (AvgIpc) is 3.58. The van der Waals surface area contributed by atoms with Gasteiger partial charge in [0.15, 0.2) is 5.82 Å². The van der Waals surface area contributed by atoms with E-state index in [0.29, 0.717) is 11.3 Å². The number of nitrogens with one attached hydrogen (secondary N) is 1. The third-order valence-corrected chi connectivity index (χ3v) is 6.28. The largest absolute Gasteiger partial charge is 0.416 e. The number of rotatable bonds is 7. The summed E-state index contributed by atoms with van der Waals surface area (Å²) in [4.78, 5) is 50.3. The molecule has 0 atom stereocenters. The number of carbonyl (C=O) groups is 3. The molecule has 9 nitrogen and oxygen atoms in total. The summed E-state index contributed by atoms with van der Waals surface area (Å²) in [6.07, 6.45) is -2.73. The molecule has 1 aromatic heterocycles. The minimum absolute atomic E-state index is 0.0190. The Kier molecular flexibility index (Phi) is 6.18. The summed E-state index contributed by atoms with van der Waals surface area (Å²) >= 11 is 0. The standard InChI is InChI=1S/C25H22F3N5O4/c26-25(27,28)17-3-1-2-16(14-17)22-30-31(24(37)33(22)19-8-9-19)13-12-29-23(36)15-4-6-18(7-5-15)32-20(34)10-11-21(32)35/h1-7,14,19H,8-13H2,(H,29,36). The van der Waals surface area contributed by atoms with Gasteiger partial charge < -0.3 is 5.32 Å². The third-order valence-electron chi connectivity index (χ3n) is 6.28. The SMILES string of the molecule is O=C(NCCn1nc(-c2cccc(C(F)(F)F)c2)n(C2CC2)c1=O)c1ccc(N2C(=O)CCC2=O)cc1. The van der Waals surface area contributed by atoms with Gasteiger partial charge in [-0.15, -0.1) is 5.10 Å². The van der Waals surface area contributed by atoms with Crippen molar-refractivity contribution in [1.29, 1.82) is 0 Å². The zero-order valence-corrected chi connectivity index (χ0v) is 19.5. The smallest absolute Gasteiger partial charge is 0.350 e. The van der Waals surface area contributed by atoms with Gasteiger partial charge >= 0.3 is 11.9 Å².